The maximum Gasteiger partial charge on any atom is 0.409 e. The van der Waals surface area contributed by atoms with Crippen molar-refractivity contribution in [2.24, 2.45) is 5.92 Å². The molecule has 2 amide bonds. The van der Waals surface area contributed by atoms with Crippen LogP contribution >= 0.6 is 11.6 Å². The van der Waals surface area contributed by atoms with Crippen molar-refractivity contribution >= 4 is 35.3 Å². The van der Waals surface area contributed by atoms with E-state index in [0.29, 0.717) is 24.3 Å². The SMILES string of the molecule is CCCC(=O)O[C@@H]1CC(=O)N(C)c2cc(cc(OC)c2Cl)C/C(C)=C\C=C\[C@H](OC)[C@@]2(O)C[C@@H](OC(=O)N2)[C@H](C)[C@H]2O[C@@]21C. The highest BCUT2D eigenvalue weighted by Gasteiger charge is 2.64. The molecule has 0 unspecified atom stereocenters. The van der Waals surface area contributed by atoms with Gasteiger partial charge in [-0.3, -0.25) is 14.9 Å². The van der Waals surface area contributed by atoms with Gasteiger partial charge in [0.25, 0.3) is 0 Å². The molecule has 7 atom stereocenters. The first-order valence-corrected chi connectivity index (χ1v) is 15.2. The van der Waals surface area contributed by atoms with Gasteiger partial charge < -0.3 is 33.7 Å². The smallest absolute Gasteiger partial charge is 0.409 e. The number of alkyl carbamates (subject to hydrolysis) is 1. The molecule has 1 aromatic carbocycles. The third kappa shape index (κ3) is 7.06. The fourth-order valence-electron chi connectivity index (χ4n) is 6.03. The van der Waals surface area contributed by atoms with Gasteiger partial charge in [0.15, 0.2) is 5.72 Å². The zero-order chi connectivity index (χ0) is 32.4. The first-order valence-electron chi connectivity index (χ1n) is 14.8. The molecular weight excluding hydrogens is 592 g/mol. The molecule has 44 heavy (non-hydrogen) atoms. The number of allylic oxidation sites excluding steroid dienone is 3. The molecule has 1 aromatic rings. The Balaban J connectivity index is 1.79. The number of esters is 1. The van der Waals surface area contributed by atoms with Crippen LogP contribution in [0, 0.1) is 5.92 Å². The number of amides is 2. The topological polar surface area (TPSA) is 136 Å². The fraction of sp³-hybridized carbons (Fsp3) is 0.594. The summed E-state index contributed by atoms with van der Waals surface area (Å²) in [5.41, 5.74) is -0.561. The van der Waals surface area contributed by atoms with E-state index in [1.165, 1.54) is 19.1 Å². The Bertz CT molecular complexity index is 1330. The standard InChI is InChI=1S/C32H43ClN2O9/c1-8-10-27(37)43-25-16-26(36)35(5)21-14-20(15-22(40-6)28(21)33)13-18(2)11-9-12-24(41-7)32(39)17-23(42-30(38)34-32)19(3)29-31(25,4)44-29/h9,11-12,14-15,19,23-25,29,39H,8,10,13,16-17H2,1-7H3,(H,34,38)/b12-9+,18-11-/t19-,23+,24-,25+,29+,31+,32-/m0/s1. The Kier molecular flexibility index (Phi) is 10.3. The maximum absolute atomic E-state index is 13.8. The molecule has 12 heteroatoms. The molecule has 4 rings (SSSR count). The number of epoxide rings is 1. The van der Waals surface area contributed by atoms with Gasteiger partial charge in [0.2, 0.25) is 5.91 Å². The number of carbonyl (C=O) groups is 3. The predicted octanol–water partition coefficient (Wildman–Crippen LogP) is 4.47. The van der Waals surface area contributed by atoms with Crippen molar-refractivity contribution < 1.29 is 43.2 Å². The van der Waals surface area contributed by atoms with E-state index in [9.17, 15) is 19.5 Å². The largest absolute Gasteiger partial charge is 0.495 e. The number of carbonyl (C=O) groups excluding carboxylic acids is 3. The van der Waals surface area contributed by atoms with Crippen molar-refractivity contribution in [3.05, 3.63) is 46.5 Å². The number of ether oxygens (including phenoxy) is 5. The second-order valence-corrected chi connectivity index (χ2v) is 12.4. The number of nitrogens with one attached hydrogen (secondary N) is 1. The van der Waals surface area contributed by atoms with Gasteiger partial charge in [-0.05, 0) is 44.4 Å². The summed E-state index contributed by atoms with van der Waals surface area (Å²) in [5.74, 6) is -0.813. The van der Waals surface area contributed by atoms with Gasteiger partial charge in [-0.15, -0.1) is 0 Å². The monoisotopic (exact) mass is 634 g/mol. The number of rotatable bonds is 5. The molecule has 2 fully saturated rings. The van der Waals surface area contributed by atoms with Gasteiger partial charge in [0.05, 0.1) is 25.3 Å². The van der Waals surface area contributed by atoms with Crippen LogP contribution in [0.15, 0.2) is 35.9 Å². The number of anilines is 1. The normalized spacial score (nSPS) is 34.5. The molecular formula is C32H43ClN2O9. The van der Waals surface area contributed by atoms with E-state index < -0.39 is 53.7 Å². The van der Waals surface area contributed by atoms with E-state index in [2.05, 4.69) is 5.32 Å². The summed E-state index contributed by atoms with van der Waals surface area (Å²) in [6.07, 6.45) is 2.47. The molecule has 0 aliphatic carbocycles. The highest BCUT2D eigenvalue weighted by Crippen LogP contribution is 2.49. The van der Waals surface area contributed by atoms with Crippen LogP contribution in [0.5, 0.6) is 5.75 Å². The van der Waals surface area contributed by atoms with E-state index in [4.69, 9.17) is 35.3 Å². The molecule has 3 aliphatic heterocycles. The van der Waals surface area contributed by atoms with Crippen LogP contribution in [0.4, 0.5) is 10.5 Å². The van der Waals surface area contributed by atoms with Gasteiger partial charge in [0, 0.05) is 32.9 Å². The number of methoxy groups -OCH3 is 2. The number of nitrogens with zero attached hydrogens (tertiary/aromatic N) is 1. The minimum absolute atomic E-state index is 0.00742. The highest BCUT2D eigenvalue weighted by atomic mass is 35.5. The van der Waals surface area contributed by atoms with E-state index >= 15 is 0 Å². The lowest BCUT2D eigenvalue weighted by Crippen LogP contribution is -2.63. The Hall–Kier alpha value is -3.12. The number of benzene rings is 1. The summed E-state index contributed by atoms with van der Waals surface area (Å²) < 4.78 is 28.8. The summed E-state index contributed by atoms with van der Waals surface area (Å²) >= 11 is 6.68. The minimum atomic E-state index is -1.76. The average molecular weight is 635 g/mol. The number of aliphatic hydroxyl groups is 1. The van der Waals surface area contributed by atoms with E-state index in [-0.39, 0.29) is 30.2 Å². The van der Waals surface area contributed by atoms with Crippen molar-refractivity contribution in [3.8, 4) is 5.75 Å². The third-order valence-electron chi connectivity index (χ3n) is 8.68. The van der Waals surface area contributed by atoms with Crippen LogP contribution in [0.2, 0.25) is 5.02 Å². The first kappa shape index (κ1) is 33.8. The summed E-state index contributed by atoms with van der Waals surface area (Å²) in [6, 6.07) is 3.64. The average Bonchev–Trinajstić information content (AvgIpc) is 3.66. The van der Waals surface area contributed by atoms with Gasteiger partial charge in [0.1, 0.15) is 34.7 Å². The molecule has 4 bridgehead atoms. The van der Waals surface area contributed by atoms with Crippen molar-refractivity contribution in [1.82, 2.24) is 5.32 Å². The lowest BCUT2D eigenvalue weighted by molar-refractivity contribution is -0.153. The van der Waals surface area contributed by atoms with Crippen LogP contribution < -0.4 is 15.0 Å². The van der Waals surface area contributed by atoms with Crippen LogP contribution in [-0.4, -0.2) is 80.1 Å². The third-order valence-corrected chi connectivity index (χ3v) is 9.06. The molecule has 242 valence electrons. The number of halogens is 1. The Morgan fingerprint density at radius 1 is 1.27 bits per heavy atom. The van der Waals surface area contributed by atoms with Gasteiger partial charge in [-0.25, -0.2) is 4.79 Å². The number of hydrogen-bond acceptors (Lipinski definition) is 9. The number of hydrogen-bond donors (Lipinski definition) is 2. The number of fused-ring (bicyclic) bond motifs is 5. The van der Waals surface area contributed by atoms with Crippen molar-refractivity contribution in [2.45, 2.75) is 95.5 Å². The van der Waals surface area contributed by atoms with Gasteiger partial charge >= 0.3 is 12.1 Å². The lowest BCUT2D eigenvalue weighted by atomic mass is 9.83. The molecule has 0 aromatic heterocycles. The fourth-order valence-corrected chi connectivity index (χ4v) is 6.34. The lowest BCUT2D eigenvalue weighted by Gasteiger charge is -2.42. The molecule has 3 heterocycles. The minimum Gasteiger partial charge on any atom is -0.495 e. The van der Waals surface area contributed by atoms with Crippen LogP contribution in [0.25, 0.3) is 0 Å². The molecule has 0 saturated carbocycles. The van der Waals surface area contributed by atoms with Gasteiger partial charge in [-0.1, -0.05) is 49.2 Å². The van der Waals surface area contributed by atoms with E-state index in [1.807, 2.05) is 39.0 Å². The summed E-state index contributed by atoms with van der Waals surface area (Å²) in [6.45, 7) is 7.41. The van der Waals surface area contributed by atoms with Crippen LogP contribution in [-0.2, 0) is 35.0 Å². The Morgan fingerprint density at radius 2 is 2.00 bits per heavy atom. The molecule has 2 saturated heterocycles. The Labute approximate surface area is 263 Å². The second-order valence-electron chi connectivity index (χ2n) is 12.0. The van der Waals surface area contributed by atoms with Gasteiger partial charge in [-0.2, -0.15) is 0 Å². The van der Waals surface area contributed by atoms with Crippen LogP contribution in [0.3, 0.4) is 0 Å². The molecule has 3 aliphatic rings. The van der Waals surface area contributed by atoms with E-state index in [0.717, 1.165) is 11.1 Å². The molecule has 0 spiro atoms. The Morgan fingerprint density at radius 3 is 2.66 bits per heavy atom. The van der Waals surface area contributed by atoms with E-state index in [1.54, 1.807) is 26.1 Å². The van der Waals surface area contributed by atoms with Crippen molar-refractivity contribution in [1.29, 1.82) is 0 Å². The first-order chi connectivity index (χ1) is 20.8. The van der Waals surface area contributed by atoms with Crippen molar-refractivity contribution in [3.63, 3.8) is 0 Å². The summed E-state index contributed by atoms with van der Waals surface area (Å²) in [7, 11) is 4.57. The summed E-state index contributed by atoms with van der Waals surface area (Å²) in [4.78, 5) is 40.6. The molecule has 11 nitrogen and oxygen atoms in total. The maximum atomic E-state index is 13.8. The predicted molar refractivity (Wildman–Crippen MR) is 164 cm³/mol. The zero-order valence-corrected chi connectivity index (χ0v) is 27.1. The molecule has 0 radical (unpaired) electrons. The quantitative estimate of drug-likeness (QED) is 0.355. The zero-order valence-electron chi connectivity index (χ0n) is 26.3. The second kappa shape index (κ2) is 13.5. The van der Waals surface area contributed by atoms with Crippen LogP contribution in [0.1, 0.15) is 58.9 Å². The highest BCUT2D eigenvalue weighted by molar-refractivity contribution is 6.35. The summed E-state index contributed by atoms with van der Waals surface area (Å²) in [5, 5.41) is 14.4. The molecule has 2 N–H and O–H groups in total. The van der Waals surface area contributed by atoms with Crippen molar-refractivity contribution in [2.75, 3.05) is 26.2 Å².